The van der Waals surface area contributed by atoms with Crippen molar-refractivity contribution < 1.29 is 4.79 Å². The van der Waals surface area contributed by atoms with Gasteiger partial charge in [-0.1, -0.05) is 18.2 Å². The average molecular weight is 389 g/mol. The predicted molar refractivity (Wildman–Crippen MR) is 109 cm³/mol. The molecule has 2 aliphatic rings. The number of fused-ring (bicyclic) bond motifs is 4. The zero-order valence-corrected chi connectivity index (χ0v) is 16.0. The van der Waals surface area contributed by atoms with Crippen LogP contribution in [0.25, 0.3) is 5.69 Å². The summed E-state index contributed by atoms with van der Waals surface area (Å²) in [5.74, 6) is 0.473. The predicted octanol–water partition coefficient (Wildman–Crippen LogP) is 1.67. The van der Waals surface area contributed by atoms with Crippen molar-refractivity contribution in [2.24, 2.45) is 5.92 Å². The van der Waals surface area contributed by atoms with Crippen LogP contribution in [0.1, 0.15) is 34.0 Å². The van der Waals surface area contributed by atoms with Crippen LogP contribution in [0.4, 0.5) is 0 Å². The first-order valence-corrected chi connectivity index (χ1v) is 10.0. The first-order valence-electron chi connectivity index (χ1n) is 10.0. The molecule has 1 fully saturated rings. The molecule has 5 rings (SSSR count). The number of pyridine rings is 1. The monoisotopic (exact) mass is 389 g/mol. The Bertz CT molecular complexity index is 1100. The molecule has 0 saturated carbocycles. The van der Waals surface area contributed by atoms with Gasteiger partial charge in [0.05, 0.1) is 5.69 Å². The van der Waals surface area contributed by atoms with E-state index in [-0.39, 0.29) is 17.0 Å². The van der Waals surface area contributed by atoms with Crippen molar-refractivity contribution in [3.05, 3.63) is 82.0 Å². The highest BCUT2D eigenvalue weighted by Crippen LogP contribution is 2.31. The maximum absolute atomic E-state index is 13.0. The van der Waals surface area contributed by atoms with Crippen molar-refractivity contribution in [3.63, 3.8) is 0 Å². The molecule has 4 heterocycles. The molecule has 2 atom stereocenters. The maximum Gasteiger partial charge on any atom is 0.263 e. The number of carbonyl (C=O) groups excluding carboxylic acids is 1. The molecule has 3 aromatic rings. The number of benzene rings is 1. The molecule has 0 unspecified atom stereocenters. The molecule has 0 aliphatic carbocycles. The molecule has 2 aromatic heterocycles. The fraction of sp³-hybridized carbons (Fsp3) is 0.318. The topological polar surface area (TPSA) is 81.0 Å². The molecule has 1 saturated heterocycles. The minimum Gasteiger partial charge on any atom is -0.348 e. The second-order valence-electron chi connectivity index (χ2n) is 7.81. The number of amides is 1. The van der Waals surface area contributed by atoms with Crippen LogP contribution in [0.2, 0.25) is 0 Å². The molecule has 148 valence electrons. The quantitative estimate of drug-likeness (QED) is 0.711. The van der Waals surface area contributed by atoms with E-state index in [9.17, 15) is 9.59 Å². The smallest absolute Gasteiger partial charge is 0.263 e. The van der Waals surface area contributed by atoms with Gasteiger partial charge in [-0.3, -0.25) is 9.59 Å². The molecule has 1 amide bonds. The summed E-state index contributed by atoms with van der Waals surface area (Å²) in [6, 6.07) is 13.2. The largest absolute Gasteiger partial charge is 0.348 e. The number of carbonyl (C=O) groups is 1. The highest BCUT2D eigenvalue weighted by Gasteiger charge is 2.31. The van der Waals surface area contributed by atoms with Gasteiger partial charge in [0.15, 0.2) is 0 Å². The average Bonchev–Trinajstić information content (AvgIpc) is 3.28. The van der Waals surface area contributed by atoms with Crippen molar-refractivity contribution in [2.75, 3.05) is 13.1 Å². The molecule has 0 spiro atoms. The summed E-state index contributed by atoms with van der Waals surface area (Å²) in [5.41, 5.74) is 2.90. The lowest BCUT2D eigenvalue weighted by Crippen LogP contribution is -2.46. The van der Waals surface area contributed by atoms with Crippen molar-refractivity contribution >= 4 is 5.91 Å². The molecular weight excluding hydrogens is 366 g/mol. The second-order valence-corrected chi connectivity index (χ2v) is 7.81. The Kier molecular flexibility index (Phi) is 4.52. The SMILES string of the molecule is O=C(NCc1ccccc1-n1cccn1)c1ccc2n(c1=O)C[C@@H]1CNC[C@H]2C1. The minimum atomic E-state index is -0.338. The number of rotatable bonds is 4. The van der Waals surface area contributed by atoms with Crippen molar-refractivity contribution in [1.29, 1.82) is 0 Å². The minimum absolute atomic E-state index is 0.183. The van der Waals surface area contributed by atoms with Crippen LogP contribution in [-0.2, 0) is 13.1 Å². The van der Waals surface area contributed by atoms with Gasteiger partial charge in [0.1, 0.15) is 5.56 Å². The number of para-hydroxylation sites is 1. The van der Waals surface area contributed by atoms with Crippen molar-refractivity contribution in [2.45, 2.75) is 25.4 Å². The molecule has 7 heteroatoms. The van der Waals surface area contributed by atoms with Crippen molar-refractivity contribution in [1.82, 2.24) is 25.0 Å². The van der Waals surface area contributed by atoms with Crippen LogP contribution in [0.15, 0.2) is 59.7 Å². The Morgan fingerprint density at radius 3 is 2.93 bits per heavy atom. The highest BCUT2D eigenvalue weighted by atomic mass is 16.2. The number of nitrogens with zero attached hydrogens (tertiary/aromatic N) is 3. The Hall–Kier alpha value is -3.19. The number of nitrogens with one attached hydrogen (secondary N) is 2. The van der Waals surface area contributed by atoms with Gasteiger partial charge in [-0.15, -0.1) is 0 Å². The van der Waals surface area contributed by atoms with Gasteiger partial charge in [0, 0.05) is 43.6 Å². The van der Waals surface area contributed by atoms with E-state index >= 15 is 0 Å². The highest BCUT2D eigenvalue weighted by molar-refractivity contribution is 5.93. The lowest BCUT2D eigenvalue weighted by molar-refractivity contribution is 0.0948. The number of piperidine rings is 1. The summed E-state index contributed by atoms with van der Waals surface area (Å²) in [6.07, 6.45) is 4.69. The van der Waals surface area contributed by atoms with E-state index in [1.165, 1.54) is 0 Å². The first kappa shape index (κ1) is 17.9. The van der Waals surface area contributed by atoms with Gasteiger partial charge < -0.3 is 15.2 Å². The summed E-state index contributed by atoms with van der Waals surface area (Å²) < 4.78 is 3.58. The van der Waals surface area contributed by atoms with E-state index in [0.717, 1.165) is 36.5 Å². The molecular formula is C22H23N5O2. The second kappa shape index (κ2) is 7.33. The van der Waals surface area contributed by atoms with E-state index in [0.29, 0.717) is 24.9 Å². The summed E-state index contributed by atoms with van der Waals surface area (Å²) in [4.78, 5) is 25.8. The Morgan fingerprint density at radius 2 is 2.07 bits per heavy atom. The van der Waals surface area contributed by atoms with Crippen LogP contribution in [-0.4, -0.2) is 33.3 Å². The third-order valence-electron chi connectivity index (χ3n) is 5.94. The molecule has 2 N–H and O–H groups in total. The molecule has 1 aromatic carbocycles. The lowest BCUT2D eigenvalue weighted by atomic mass is 9.84. The zero-order chi connectivity index (χ0) is 19.8. The Balaban J connectivity index is 1.38. The zero-order valence-electron chi connectivity index (χ0n) is 16.0. The Labute approximate surface area is 168 Å². The summed E-state index contributed by atoms with van der Waals surface area (Å²) in [6.45, 7) is 2.83. The van der Waals surface area contributed by atoms with Gasteiger partial charge in [0.25, 0.3) is 11.5 Å². The van der Waals surface area contributed by atoms with Gasteiger partial charge in [-0.25, -0.2) is 4.68 Å². The van der Waals surface area contributed by atoms with E-state index < -0.39 is 0 Å². The van der Waals surface area contributed by atoms with E-state index in [1.54, 1.807) is 16.9 Å². The number of hydrogen-bond acceptors (Lipinski definition) is 4. The maximum atomic E-state index is 13.0. The van der Waals surface area contributed by atoms with E-state index in [4.69, 9.17) is 0 Å². The van der Waals surface area contributed by atoms with E-state index in [2.05, 4.69) is 15.7 Å². The summed E-state index contributed by atoms with van der Waals surface area (Å²) in [5, 5.41) is 10.6. The van der Waals surface area contributed by atoms with Crippen LogP contribution >= 0.6 is 0 Å². The van der Waals surface area contributed by atoms with Crippen LogP contribution in [0.5, 0.6) is 0 Å². The van der Waals surface area contributed by atoms with Crippen LogP contribution in [0, 0.1) is 5.92 Å². The third-order valence-corrected chi connectivity index (χ3v) is 5.94. The van der Waals surface area contributed by atoms with E-state index in [1.807, 2.05) is 47.2 Å². The lowest BCUT2D eigenvalue weighted by Gasteiger charge is -2.37. The van der Waals surface area contributed by atoms with Gasteiger partial charge >= 0.3 is 0 Å². The molecule has 2 bridgehead atoms. The molecule has 2 aliphatic heterocycles. The summed E-state index contributed by atoms with van der Waals surface area (Å²) >= 11 is 0. The fourth-order valence-electron chi connectivity index (χ4n) is 4.53. The Morgan fingerprint density at radius 1 is 1.17 bits per heavy atom. The van der Waals surface area contributed by atoms with Crippen molar-refractivity contribution in [3.8, 4) is 5.69 Å². The summed E-state index contributed by atoms with van der Waals surface area (Å²) in [7, 11) is 0. The van der Waals surface area contributed by atoms with Crippen LogP contribution < -0.4 is 16.2 Å². The normalized spacial score (nSPS) is 20.1. The standard InChI is InChI=1S/C22H23N5O2/c28-21(24-13-16-4-1-2-5-20(16)27-9-3-8-25-27)18-6-7-19-17-10-15(11-23-12-17)14-26(19)22(18)29/h1-9,15,17,23H,10-14H2,(H,24,28)/t15-,17+/m0/s1. The van der Waals surface area contributed by atoms with Gasteiger partial charge in [-0.2, -0.15) is 5.10 Å². The molecule has 7 nitrogen and oxygen atoms in total. The van der Waals surface area contributed by atoms with Gasteiger partial charge in [-0.05, 0) is 48.7 Å². The van der Waals surface area contributed by atoms with Crippen LogP contribution in [0.3, 0.4) is 0 Å². The first-order chi connectivity index (χ1) is 14.2. The number of aromatic nitrogens is 3. The molecule has 0 radical (unpaired) electrons. The fourth-order valence-corrected chi connectivity index (χ4v) is 4.53. The third kappa shape index (κ3) is 3.27. The molecule has 29 heavy (non-hydrogen) atoms. The number of hydrogen-bond donors (Lipinski definition) is 2. The van der Waals surface area contributed by atoms with Gasteiger partial charge in [0.2, 0.25) is 0 Å².